The highest BCUT2D eigenvalue weighted by atomic mass is 16.5. The lowest BCUT2D eigenvalue weighted by atomic mass is 10.1. The Balaban J connectivity index is 2.09. The van der Waals surface area contributed by atoms with Crippen LogP contribution < -0.4 is 4.74 Å². The van der Waals surface area contributed by atoms with Crippen molar-refractivity contribution in [2.45, 2.75) is 26.2 Å². The van der Waals surface area contributed by atoms with E-state index < -0.39 is 0 Å². The summed E-state index contributed by atoms with van der Waals surface area (Å²) in [6.07, 6.45) is 5.06. The zero-order valence-corrected chi connectivity index (χ0v) is 11.0. The molecule has 0 fully saturated rings. The number of nitriles is 1. The zero-order valence-electron chi connectivity index (χ0n) is 11.0. The van der Waals surface area contributed by atoms with Gasteiger partial charge < -0.3 is 4.74 Å². The lowest BCUT2D eigenvalue weighted by molar-refractivity contribution is 0.478. The van der Waals surface area contributed by atoms with Crippen LogP contribution in [-0.2, 0) is 6.42 Å². The van der Waals surface area contributed by atoms with Crippen molar-refractivity contribution in [2.75, 3.05) is 0 Å². The number of hydrogen-bond donors (Lipinski definition) is 0. The lowest BCUT2D eigenvalue weighted by Crippen LogP contribution is -1.91. The van der Waals surface area contributed by atoms with Crippen LogP contribution >= 0.6 is 0 Å². The Labute approximate surface area is 113 Å². The molecular formula is C16H16N2O. The molecule has 2 aromatic rings. The molecule has 0 amide bonds. The van der Waals surface area contributed by atoms with E-state index in [1.54, 1.807) is 18.3 Å². The number of rotatable bonds is 5. The first-order chi connectivity index (χ1) is 9.33. The molecule has 2 rings (SSSR count). The average Bonchev–Trinajstić information content (AvgIpc) is 2.47. The Morgan fingerprint density at radius 3 is 2.68 bits per heavy atom. The van der Waals surface area contributed by atoms with Gasteiger partial charge in [-0.05, 0) is 42.7 Å². The van der Waals surface area contributed by atoms with Gasteiger partial charge in [0.15, 0.2) is 11.4 Å². The van der Waals surface area contributed by atoms with Crippen LogP contribution in [-0.4, -0.2) is 4.98 Å². The molecule has 3 nitrogen and oxygen atoms in total. The van der Waals surface area contributed by atoms with E-state index in [2.05, 4.69) is 24.0 Å². The molecule has 0 N–H and O–H groups in total. The number of unbranched alkanes of at least 4 members (excludes halogenated alkanes) is 1. The minimum absolute atomic E-state index is 0.303. The molecule has 0 unspecified atom stereocenters. The van der Waals surface area contributed by atoms with Gasteiger partial charge in [0.25, 0.3) is 0 Å². The molecule has 19 heavy (non-hydrogen) atoms. The van der Waals surface area contributed by atoms with Crippen LogP contribution in [0.25, 0.3) is 0 Å². The van der Waals surface area contributed by atoms with Crippen LogP contribution in [0.15, 0.2) is 42.6 Å². The van der Waals surface area contributed by atoms with E-state index in [-0.39, 0.29) is 0 Å². The number of hydrogen-bond acceptors (Lipinski definition) is 3. The fourth-order valence-corrected chi connectivity index (χ4v) is 1.79. The van der Waals surface area contributed by atoms with E-state index in [1.165, 1.54) is 18.4 Å². The van der Waals surface area contributed by atoms with Crippen molar-refractivity contribution < 1.29 is 4.74 Å². The van der Waals surface area contributed by atoms with Crippen molar-refractivity contribution in [1.82, 2.24) is 4.98 Å². The topological polar surface area (TPSA) is 45.9 Å². The molecule has 96 valence electrons. The summed E-state index contributed by atoms with van der Waals surface area (Å²) in [6.45, 7) is 2.18. The first kappa shape index (κ1) is 13.1. The van der Waals surface area contributed by atoms with E-state index in [0.717, 1.165) is 12.2 Å². The van der Waals surface area contributed by atoms with Gasteiger partial charge in [0.1, 0.15) is 11.8 Å². The van der Waals surface area contributed by atoms with Gasteiger partial charge in [-0.2, -0.15) is 5.26 Å². The largest absolute Gasteiger partial charge is 0.454 e. The molecule has 0 aliphatic rings. The average molecular weight is 252 g/mol. The molecule has 1 aromatic carbocycles. The van der Waals surface area contributed by atoms with E-state index in [9.17, 15) is 0 Å². The number of ether oxygens (including phenoxy) is 1. The maximum Gasteiger partial charge on any atom is 0.183 e. The fourth-order valence-electron chi connectivity index (χ4n) is 1.79. The van der Waals surface area contributed by atoms with Gasteiger partial charge in [-0.3, -0.25) is 0 Å². The highest BCUT2D eigenvalue weighted by molar-refractivity contribution is 5.40. The van der Waals surface area contributed by atoms with E-state index >= 15 is 0 Å². The number of nitrogens with zero attached hydrogens (tertiary/aromatic N) is 2. The zero-order chi connectivity index (χ0) is 13.5. The number of aryl methyl sites for hydroxylation is 1. The van der Waals surface area contributed by atoms with Gasteiger partial charge in [-0.15, -0.1) is 0 Å². The van der Waals surface area contributed by atoms with Crippen molar-refractivity contribution in [3.05, 3.63) is 53.9 Å². The summed E-state index contributed by atoms with van der Waals surface area (Å²) in [6, 6.07) is 13.5. The van der Waals surface area contributed by atoms with Crippen molar-refractivity contribution in [2.24, 2.45) is 0 Å². The van der Waals surface area contributed by atoms with Gasteiger partial charge in [0.05, 0.1) is 0 Å². The monoisotopic (exact) mass is 252 g/mol. The van der Waals surface area contributed by atoms with Crippen LogP contribution in [0.1, 0.15) is 31.0 Å². The number of aromatic nitrogens is 1. The molecule has 0 saturated carbocycles. The first-order valence-corrected chi connectivity index (χ1v) is 6.45. The Morgan fingerprint density at radius 2 is 2.00 bits per heavy atom. The third-order valence-corrected chi connectivity index (χ3v) is 2.85. The van der Waals surface area contributed by atoms with Crippen LogP contribution in [0.4, 0.5) is 0 Å². The van der Waals surface area contributed by atoms with Gasteiger partial charge in [-0.25, -0.2) is 4.98 Å². The predicted molar refractivity (Wildman–Crippen MR) is 74.1 cm³/mol. The second-order valence-electron chi connectivity index (χ2n) is 4.31. The quantitative estimate of drug-likeness (QED) is 0.805. The van der Waals surface area contributed by atoms with Gasteiger partial charge >= 0.3 is 0 Å². The maximum absolute atomic E-state index is 8.95. The Bertz CT molecular complexity index is 570. The summed E-state index contributed by atoms with van der Waals surface area (Å²) in [5.74, 6) is 1.22. The Hall–Kier alpha value is -2.34. The SMILES string of the molecule is CCCCc1ccc(Oc2cccnc2C#N)cc1. The van der Waals surface area contributed by atoms with Crippen LogP contribution in [0.3, 0.4) is 0 Å². The van der Waals surface area contributed by atoms with E-state index in [1.807, 2.05) is 18.2 Å². The van der Waals surface area contributed by atoms with Gasteiger partial charge in [0, 0.05) is 6.20 Å². The minimum atomic E-state index is 0.303. The number of pyridine rings is 1. The summed E-state index contributed by atoms with van der Waals surface area (Å²) in [5.41, 5.74) is 1.61. The Kier molecular flexibility index (Phi) is 4.52. The summed E-state index contributed by atoms with van der Waals surface area (Å²) in [4.78, 5) is 3.97. The molecule has 0 bridgehead atoms. The van der Waals surface area contributed by atoms with Crippen molar-refractivity contribution in [3.8, 4) is 17.6 Å². The highest BCUT2D eigenvalue weighted by Crippen LogP contribution is 2.23. The third-order valence-electron chi connectivity index (χ3n) is 2.85. The van der Waals surface area contributed by atoms with Gasteiger partial charge in [-0.1, -0.05) is 25.5 Å². The molecule has 0 aliphatic heterocycles. The summed E-state index contributed by atoms with van der Waals surface area (Å²) in [5, 5.41) is 8.95. The molecule has 1 heterocycles. The Morgan fingerprint density at radius 1 is 1.21 bits per heavy atom. The third kappa shape index (κ3) is 3.56. The molecule has 0 radical (unpaired) electrons. The maximum atomic E-state index is 8.95. The van der Waals surface area contributed by atoms with Crippen LogP contribution in [0.5, 0.6) is 11.5 Å². The number of benzene rings is 1. The van der Waals surface area contributed by atoms with E-state index in [0.29, 0.717) is 11.4 Å². The van der Waals surface area contributed by atoms with Crippen molar-refractivity contribution in [3.63, 3.8) is 0 Å². The fraction of sp³-hybridized carbons (Fsp3) is 0.250. The minimum Gasteiger partial charge on any atom is -0.454 e. The normalized spacial score (nSPS) is 9.89. The molecule has 0 saturated heterocycles. The van der Waals surface area contributed by atoms with E-state index in [4.69, 9.17) is 10.00 Å². The summed E-state index contributed by atoms with van der Waals surface area (Å²) >= 11 is 0. The highest BCUT2D eigenvalue weighted by Gasteiger charge is 2.04. The van der Waals surface area contributed by atoms with Crippen molar-refractivity contribution >= 4 is 0 Å². The van der Waals surface area contributed by atoms with Crippen molar-refractivity contribution in [1.29, 1.82) is 5.26 Å². The lowest BCUT2D eigenvalue weighted by Gasteiger charge is -2.07. The predicted octanol–water partition coefficient (Wildman–Crippen LogP) is 4.09. The molecule has 0 atom stereocenters. The standard InChI is InChI=1S/C16H16N2O/c1-2-3-5-13-7-9-14(10-8-13)19-16-6-4-11-18-15(16)12-17/h4,6-11H,2-3,5H2,1H3. The molecule has 0 aliphatic carbocycles. The second kappa shape index (κ2) is 6.55. The van der Waals surface area contributed by atoms with Crippen LogP contribution in [0, 0.1) is 11.3 Å². The second-order valence-corrected chi connectivity index (χ2v) is 4.31. The summed E-state index contributed by atoms with van der Waals surface area (Å²) < 4.78 is 5.67. The van der Waals surface area contributed by atoms with Crippen LogP contribution in [0.2, 0.25) is 0 Å². The molecular weight excluding hydrogens is 236 g/mol. The summed E-state index contributed by atoms with van der Waals surface area (Å²) in [7, 11) is 0. The smallest absolute Gasteiger partial charge is 0.183 e. The molecule has 1 aromatic heterocycles. The first-order valence-electron chi connectivity index (χ1n) is 6.45. The van der Waals surface area contributed by atoms with Gasteiger partial charge in [0.2, 0.25) is 0 Å². The molecule has 3 heteroatoms. The molecule has 0 spiro atoms.